The zero-order valence-corrected chi connectivity index (χ0v) is 10.9. The van der Waals surface area contributed by atoms with E-state index in [4.69, 9.17) is 11.6 Å². The SMILES string of the molecule is Cc1n[nH]c(C)c1C(C#N)Nc1cccc(Cl)c1. The third-order valence-electron chi connectivity index (χ3n) is 2.74. The maximum Gasteiger partial charge on any atom is 0.143 e. The number of nitriles is 1. The van der Waals surface area contributed by atoms with Crippen LogP contribution in [0.15, 0.2) is 24.3 Å². The van der Waals surface area contributed by atoms with Crippen molar-refractivity contribution >= 4 is 17.3 Å². The van der Waals surface area contributed by atoms with Gasteiger partial charge in [0.2, 0.25) is 0 Å². The fraction of sp³-hybridized carbons (Fsp3) is 0.231. The summed E-state index contributed by atoms with van der Waals surface area (Å²) in [5.41, 5.74) is 3.42. The lowest BCUT2D eigenvalue weighted by Gasteiger charge is -2.13. The summed E-state index contributed by atoms with van der Waals surface area (Å²) in [6.07, 6.45) is 0. The number of nitrogens with zero attached hydrogens (tertiary/aromatic N) is 2. The first kappa shape index (κ1) is 12.5. The van der Waals surface area contributed by atoms with Crippen molar-refractivity contribution in [1.29, 1.82) is 5.26 Å². The number of halogens is 1. The fourth-order valence-electron chi connectivity index (χ4n) is 1.90. The zero-order valence-electron chi connectivity index (χ0n) is 10.2. The van der Waals surface area contributed by atoms with Crippen LogP contribution >= 0.6 is 11.6 Å². The zero-order chi connectivity index (χ0) is 13.1. The number of aromatic nitrogens is 2. The van der Waals surface area contributed by atoms with Crippen molar-refractivity contribution in [2.45, 2.75) is 19.9 Å². The monoisotopic (exact) mass is 260 g/mol. The molecule has 1 aromatic carbocycles. The van der Waals surface area contributed by atoms with Crippen LogP contribution in [0.5, 0.6) is 0 Å². The van der Waals surface area contributed by atoms with Gasteiger partial charge < -0.3 is 5.32 Å². The molecule has 18 heavy (non-hydrogen) atoms. The normalized spacial score (nSPS) is 11.9. The van der Waals surface area contributed by atoms with Crippen molar-refractivity contribution in [3.63, 3.8) is 0 Å². The Hall–Kier alpha value is -1.99. The second-order valence-corrected chi connectivity index (χ2v) is 4.50. The molecule has 5 heteroatoms. The summed E-state index contributed by atoms with van der Waals surface area (Å²) in [5.74, 6) is 0. The van der Waals surface area contributed by atoms with E-state index in [0.717, 1.165) is 22.6 Å². The van der Waals surface area contributed by atoms with Crippen LogP contribution in [0.3, 0.4) is 0 Å². The number of aromatic amines is 1. The Kier molecular flexibility index (Phi) is 3.54. The molecular formula is C13H13ClN4. The van der Waals surface area contributed by atoms with Gasteiger partial charge in [0.05, 0.1) is 11.8 Å². The van der Waals surface area contributed by atoms with Gasteiger partial charge in [0.25, 0.3) is 0 Å². The van der Waals surface area contributed by atoms with Crippen LogP contribution in [0, 0.1) is 25.2 Å². The first-order chi connectivity index (χ1) is 8.61. The largest absolute Gasteiger partial charge is 0.366 e. The predicted molar refractivity (Wildman–Crippen MR) is 71.5 cm³/mol. The van der Waals surface area contributed by atoms with Crippen LogP contribution in [-0.2, 0) is 0 Å². The van der Waals surface area contributed by atoms with Crippen molar-refractivity contribution < 1.29 is 0 Å². The van der Waals surface area contributed by atoms with E-state index in [2.05, 4.69) is 21.6 Å². The van der Waals surface area contributed by atoms with Crippen LogP contribution in [0.1, 0.15) is 23.0 Å². The third-order valence-corrected chi connectivity index (χ3v) is 2.97. The Morgan fingerprint density at radius 2 is 2.22 bits per heavy atom. The highest BCUT2D eigenvalue weighted by Gasteiger charge is 2.18. The molecule has 0 radical (unpaired) electrons. The van der Waals surface area contributed by atoms with Crippen molar-refractivity contribution in [1.82, 2.24) is 10.2 Å². The number of hydrogen-bond donors (Lipinski definition) is 2. The van der Waals surface area contributed by atoms with Gasteiger partial charge >= 0.3 is 0 Å². The number of rotatable bonds is 3. The molecular weight excluding hydrogens is 248 g/mol. The van der Waals surface area contributed by atoms with Crippen LogP contribution in [0.2, 0.25) is 5.02 Å². The topological polar surface area (TPSA) is 64.5 Å². The molecule has 0 saturated heterocycles. The maximum absolute atomic E-state index is 9.29. The summed E-state index contributed by atoms with van der Waals surface area (Å²) in [6.45, 7) is 3.78. The summed E-state index contributed by atoms with van der Waals surface area (Å²) >= 11 is 5.92. The standard InChI is InChI=1S/C13H13ClN4/c1-8-13(9(2)18-17-8)12(7-15)16-11-5-3-4-10(14)6-11/h3-6,12,16H,1-2H3,(H,17,18). The lowest BCUT2D eigenvalue weighted by atomic mass is 10.1. The molecule has 4 nitrogen and oxygen atoms in total. The number of hydrogen-bond acceptors (Lipinski definition) is 3. The summed E-state index contributed by atoms with van der Waals surface area (Å²) in [6, 6.07) is 9.10. The Morgan fingerprint density at radius 1 is 1.44 bits per heavy atom. The Labute approximate surface area is 111 Å². The van der Waals surface area contributed by atoms with Gasteiger partial charge in [-0.15, -0.1) is 0 Å². The van der Waals surface area contributed by atoms with Crippen molar-refractivity contribution in [2.24, 2.45) is 0 Å². The molecule has 1 heterocycles. The minimum absolute atomic E-state index is 0.442. The van der Waals surface area contributed by atoms with Crippen LogP contribution in [0.25, 0.3) is 0 Å². The van der Waals surface area contributed by atoms with Gasteiger partial charge in [0.15, 0.2) is 0 Å². The summed E-state index contributed by atoms with van der Waals surface area (Å²) < 4.78 is 0. The molecule has 0 aliphatic rings. The molecule has 0 spiro atoms. The van der Waals surface area contributed by atoms with E-state index < -0.39 is 6.04 Å². The van der Waals surface area contributed by atoms with Gasteiger partial charge in [-0.2, -0.15) is 10.4 Å². The molecule has 0 saturated carbocycles. The summed E-state index contributed by atoms with van der Waals surface area (Å²) in [5, 5.41) is 20.1. The van der Waals surface area contributed by atoms with E-state index in [0.29, 0.717) is 5.02 Å². The Balaban J connectivity index is 2.29. The quantitative estimate of drug-likeness (QED) is 0.889. The lowest BCUT2D eigenvalue weighted by Crippen LogP contribution is -2.10. The van der Waals surface area contributed by atoms with Crippen molar-refractivity contribution in [2.75, 3.05) is 5.32 Å². The van der Waals surface area contributed by atoms with E-state index in [1.165, 1.54) is 0 Å². The molecule has 0 aliphatic heterocycles. The first-order valence-corrected chi connectivity index (χ1v) is 5.93. The van der Waals surface area contributed by atoms with Crippen molar-refractivity contribution in [3.8, 4) is 6.07 Å². The number of benzene rings is 1. The molecule has 2 N–H and O–H groups in total. The van der Waals surface area contributed by atoms with E-state index in [-0.39, 0.29) is 0 Å². The molecule has 0 aliphatic carbocycles. The molecule has 0 amide bonds. The molecule has 2 rings (SSSR count). The lowest BCUT2D eigenvalue weighted by molar-refractivity contribution is 0.969. The number of H-pyrrole nitrogens is 1. The smallest absolute Gasteiger partial charge is 0.143 e. The van der Waals surface area contributed by atoms with E-state index >= 15 is 0 Å². The van der Waals surface area contributed by atoms with Gasteiger partial charge in [0, 0.05) is 22.0 Å². The van der Waals surface area contributed by atoms with Gasteiger partial charge in [-0.1, -0.05) is 17.7 Å². The molecule has 2 aromatic rings. The van der Waals surface area contributed by atoms with Gasteiger partial charge in [-0.25, -0.2) is 0 Å². The van der Waals surface area contributed by atoms with Gasteiger partial charge in [-0.05, 0) is 32.0 Å². The van der Waals surface area contributed by atoms with E-state index in [9.17, 15) is 5.26 Å². The molecule has 0 bridgehead atoms. The molecule has 0 fully saturated rings. The fourth-order valence-corrected chi connectivity index (χ4v) is 2.09. The number of aryl methyl sites for hydroxylation is 2. The average Bonchev–Trinajstić information content (AvgIpc) is 2.67. The number of nitrogens with one attached hydrogen (secondary N) is 2. The molecule has 1 atom stereocenters. The van der Waals surface area contributed by atoms with Crippen LogP contribution in [0.4, 0.5) is 5.69 Å². The molecule has 1 unspecified atom stereocenters. The minimum Gasteiger partial charge on any atom is -0.366 e. The third kappa shape index (κ3) is 2.47. The van der Waals surface area contributed by atoms with Crippen molar-refractivity contribution in [3.05, 3.63) is 46.2 Å². The van der Waals surface area contributed by atoms with Gasteiger partial charge in [-0.3, -0.25) is 5.10 Å². The maximum atomic E-state index is 9.29. The predicted octanol–water partition coefficient (Wildman–Crippen LogP) is 3.36. The molecule has 92 valence electrons. The highest BCUT2D eigenvalue weighted by molar-refractivity contribution is 6.30. The van der Waals surface area contributed by atoms with Crippen LogP contribution < -0.4 is 5.32 Å². The number of anilines is 1. The second kappa shape index (κ2) is 5.11. The highest BCUT2D eigenvalue weighted by atomic mass is 35.5. The van der Waals surface area contributed by atoms with Gasteiger partial charge in [0.1, 0.15) is 6.04 Å². The summed E-state index contributed by atoms with van der Waals surface area (Å²) in [7, 11) is 0. The average molecular weight is 261 g/mol. The van der Waals surface area contributed by atoms with E-state index in [1.807, 2.05) is 26.0 Å². The highest BCUT2D eigenvalue weighted by Crippen LogP contribution is 2.24. The van der Waals surface area contributed by atoms with Crippen LogP contribution in [-0.4, -0.2) is 10.2 Å². The van der Waals surface area contributed by atoms with E-state index in [1.54, 1.807) is 12.1 Å². The molecule has 1 aromatic heterocycles. The minimum atomic E-state index is -0.442. The Morgan fingerprint density at radius 3 is 2.78 bits per heavy atom. The first-order valence-electron chi connectivity index (χ1n) is 5.55. The Bertz CT molecular complexity index is 578. The second-order valence-electron chi connectivity index (χ2n) is 4.06. The summed E-state index contributed by atoms with van der Waals surface area (Å²) in [4.78, 5) is 0.